The lowest BCUT2D eigenvalue weighted by atomic mass is 10.1. The van der Waals surface area contributed by atoms with Crippen LogP contribution in [0.25, 0.3) is 22.2 Å². The van der Waals surface area contributed by atoms with Crippen molar-refractivity contribution in [1.29, 1.82) is 0 Å². The van der Waals surface area contributed by atoms with Crippen molar-refractivity contribution in [3.8, 4) is 22.6 Å². The summed E-state index contributed by atoms with van der Waals surface area (Å²) in [6, 6.07) is 13.4. The first-order chi connectivity index (χ1) is 17.9. The summed E-state index contributed by atoms with van der Waals surface area (Å²) in [6.07, 6.45) is 1.83. The lowest BCUT2D eigenvalue weighted by molar-refractivity contribution is -0.0534. The van der Waals surface area contributed by atoms with Crippen LogP contribution in [0.3, 0.4) is 0 Å². The van der Waals surface area contributed by atoms with Crippen LogP contribution in [-0.2, 0) is 6.54 Å². The minimum Gasteiger partial charge on any atom is -0.435 e. The number of rotatable bonds is 8. The molecule has 1 aliphatic rings. The monoisotopic (exact) mass is 515 g/mol. The van der Waals surface area contributed by atoms with E-state index in [0.717, 1.165) is 48.6 Å². The maximum atomic E-state index is 13.0. The zero-order chi connectivity index (χ0) is 25.9. The van der Waals surface area contributed by atoms with Gasteiger partial charge in [0.1, 0.15) is 23.1 Å². The molecule has 1 N–H and O–H groups in total. The van der Waals surface area contributed by atoms with Crippen LogP contribution in [0.2, 0.25) is 0 Å². The smallest absolute Gasteiger partial charge is 0.387 e. The van der Waals surface area contributed by atoms with Crippen molar-refractivity contribution in [3.05, 3.63) is 66.1 Å². The van der Waals surface area contributed by atoms with Gasteiger partial charge in [-0.25, -0.2) is 9.97 Å². The Hall–Kier alpha value is -3.86. The van der Waals surface area contributed by atoms with Gasteiger partial charge in [0.15, 0.2) is 0 Å². The van der Waals surface area contributed by atoms with Crippen molar-refractivity contribution in [1.82, 2.24) is 19.9 Å². The quantitative estimate of drug-likeness (QED) is 0.331. The summed E-state index contributed by atoms with van der Waals surface area (Å²) in [4.78, 5) is 11.4. The van der Waals surface area contributed by atoms with E-state index in [9.17, 15) is 17.6 Å². The zero-order valence-electron chi connectivity index (χ0n) is 20.0. The molecule has 0 saturated carbocycles. The van der Waals surface area contributed by atoms with Crippen molar-refractivity contribution in [3.63, 3.8) is 0 Å². The normalized spacial score (nSPS) is 14.1. The number of halogens is 4. The molecule has 7 nitrogen and oxygen atoms in total. The van der Waals surface area contributed by atoms with Crippen LogP contribution in [0.15, 0.2) is 54.7 Å². The molecule has 5 rings (SSSR count). The molecule has 0 aliphatic carbocycles. The Bertz CT molecular complexity index is 1370. The molecule has 1 aliphatic heterocycles. The highest BCUT2D eigenvalue weighted by atomic mass is 19.3. The number of pyridine rings is 1. The first kappa shape index (κ1) is 24.8. The Labute approximate surface area is 210 Å². The largest absolute Gasteiger partial charge is 0.435 e. The molecule has 0 bridgehead atoms. The number of nitrogens with one attached hydrogen (secondary N) is 1. The van der Waals surface area contributed by atoms with Gasteiger partial charge in [-0.1, -0.05) is 6.07 Å². The number of piperazine rings is 1. The number of hydrogen-bond acceptors (Lipinski definition) is 6. The number of aromatic nitrogens is 3. The highest BCUT2D eigenvalue weighted by Gasteiger charge is 2.17. The number of alkyl halides is 4. The van der Waals surface area contributed by atoms with E-state index in [1.165, 1.54) is 18.2 Å². The lowest BCUT2D eigenvalue weighted by Gasteiger charge is -2.28. The van der Waals surface area contributed by atoms with Gasteiger partial charge in [0.05, 0.1) is 17.6 Å². The number of aryl methyl sites for hydroxylation is 1. The molecule has 1 fully saturated rings. The fraction of sp³-hybridized carbons (Fsp3) is 0.308. The minimum absolute atomic E-state index is 0.0639. The molecule has 2 aromatic carbocycles. The molecule has 0 amide bonds. The van der Waals surface area contributed by atoms with E-state index >= 15 is 0 Å². The topological polar surface area (TPSA) is 64.4 Å². The molecule has 37 heavy (non-hydrogen) atoms. The van der Waals surface area contributed by atoms with Crippen LogP contribution in [-0.4, -0.2) is 53.9 Å². The molecule has 0 unspecified atom stereocenters. The van der Waals surface area contributed by atoms with Gasteiger partial charge in [-0.05, 0) is 55.0 Å². The first-order valence-electron chi connectivity index (χ1n) is 11.8. The average molecular weight is 516 g/mol. The predicted molar refractivity (Wildman–Crippen MR) is 132 cm³/mol. The molecule has 2 aromatic heterocycles. The molecule has 1 saturated heterocycles. The van der Waals surface area contributed by atoms with Gasteiger partial charge in [-0.15, -0.1) is 0 Å². The van der Waals surface area contributed by atoms with Gasteiger partial charge >= 0.3 is 13.2 Å². The van der Waals surface area contributed by atoms with Crippen molar-refractivity contribution >= 4 is 16.9 Å². The average Bonchev–Trinajstić information content (AvgIpc) is 3.19. The van der Waals surface area contributed by atoms with Crippen LogP contribution >= 0.6 is 0 Å². The molecular formula is C26H25F4N5O2. The summed E-state index contributed by atoms with van der Waals surface area (Å²) in [5, 5.41) is 3.32. The number of benzene rings is 2. The zero-order valence-corrected chi connectivity index (χ0v) is 20.0. The predicted octanol–water partition coefficient (Wildman–Crippen LogP) is 5.07. The fourth-order valence-electron chi connectivity index (χ4n) is 4.50. The maximum absolute atomic E-state index is 13.0. The highest BCUT2D eigenvalue weighted by Crippen LogP contribution is 2.31. The summed E-state index contributed by atoms with van der Waals surface area (Å²) in [6.45, 7) is -0.612. The van der Waals surface area contributed by atoms with E-state index in [4.69, 9.17) is 0 Å². The standard InChI is InChI=1S/C26H25F4N5O2/c1-16-33-21-5-2-17(18-3-7-24(32-14-18)34-10-8-31-9-11-34)13-22(21)35(16)15-19-12-20(36-25(27)28)4-6-23(19)37-26(29)30/h2-7,12-14,25-26,31H,8-11,15H2,1H3. The van der Waals surface area contributed by atoms with Crippen LogP contribution in [0.4, 0.5) is 23.4 Å². The summed E-state index contributed by atoms with van der Waals surface area (Å²) < 4.78 is 62.4. The second kappa shape index (κ2) is 10.6. The molecule has 194 valence electrons. The summed E-state index contributed by atoms with van der Waals surface area (Å²) in [5.41, 5.74) is 3.55. The number of imidazole rings is 1. The number of fused-ring (bicyclic) bond motifs is 1. The van der Waals surface area contributed by atoms with Gasteiger partial charge in [-0.3, -0.25) is 0 Å². The summed E-state index contributed by atoms with van der Waals surface area (Å²) in [5.74, 6) is 1.28. The third-order valence-corrected chi connectivity index (χ3v) is 6.26. The maximum Gasteiger partial charge on any atom is 0.387 e. The first-order valence-corrected chi connectivity index (χ1v) is 11.8. The van der Waals surface area contributed by atoms with Crippen molar-refractivity contribution < 1.29 is 27.0 Å². The molecule has 0 radical (unpaired) electrons. The van der Waals surface area contributed by atoms with E-state index in [2.05, 4.69) is 29.7 Å². The minimum atomic E-state index is -3.07. The Kier molecular flexibility index (Phi) is 7.13. The van der Waals surface area contributed by atoms with Crippen molar-refractivity contribution in [2.45, 2.75) is 26.7 Å². The van der Waals surface area contributed by atoms with E-state index in [0.29, 0.717) is 11.3 Å². The van der Waals surface area contributed by atoms with Gasteiger partial charge in [0.25, 0.3) is 0 Å². The van der Waals surface area contributed by atoms with E-state index in [1.54, 1.807) is 6.92 Å². The molecular weight excluding hydrogens is 490 g/mol. The van der Waals surface area contributed by atoms with E-state index in [1.807, 2.05) is 41.1 Å². The Morgan fingerprint density at radius 2 is 1.68 bits per heavy atom. The van der Waals surface area contributed by atoms with Gasteiger partial charge in [0, 0.05) is 43.5 Å². The van der Waals surface area contributed by atoms with Gasteiger partial charge in [0.2, 0.25) is 0 Å². The summed E-state index contributed by atoms with van der Waals surface area (Å²) in [7, 11) is 0. The Morgan fingerprint density at radius 1 is 0.919 bits per heavy atom. The Morgan fingerprint density at radius 3 is 2.38 bits per heavy atom. The van der Waals surface area contributed by atoms with Gasteiger partial charge < -0.3 is 24.3 Å². The highest BCUT2D eigenvalue weighted by molar-refractivity contribution is 5.83. The molecule has 3 heterocycles. The third-order valence-electron chi connectivity index (χ3n) is 6.26. The SMILES string of the molecule is Cc1nc2ccc(-c3ccc(N4CCNCC4)nc3)cc2n1Cc1cc(OC(F)F)ccc1OC(F)F. The van der Waals surface area contributed by atoms with Crippen LogP contribution in [0.1, 0.15) is 11.4 Å². The number of nitrogens with zero attached hydrogens (tertiary/aromatic N) is 4. The van der Waals surface area contributed by atoms with Crippen LogP contribution in [0, 0.1) is 6.92 Å². The lowest BCUT2D eigenvalue weighted by Crippen LogP contribution is -2.43. The second-order valence-corrected chi connectivity index (χ2v) is 8.62. The fourth-order valence-corrected chi connectivity index (χ4v) is 4.50. The second-order valence-electron chi connectivity index (χ2n) is 8.62. The van der Waals surface area contributed by atoms with Crippen molar-refractivity contribution in [2.75, 3.05) is 31.1 Å². The van der Waals surface area contributed by atoms with E-state index < -0.39 is 13.2 Å². The van der Waals surface area contributed by atoms with Crippen LogP contribution in [0.5, 0.6) is 11.5 Å². The van der Waals surface area contributed by atoms with Crippen LogP contribution < -0.4 is 19.7 Å². The molecule has 0 atom stereocenters. The van der Waals surface area contributed by atoms with Crippen molar-refractivity contribution in [2.24, 2.45) is 0 Å². The molecule has 0 spiro atoms. The molecule has 11 heteroatoms. The number of hydrogen-bond donors (Lipinski definition) is 1. The third kappa shape index (κ3) is 5.61. The van der Waals surface area contributed by atoms with E-state index in [-0.39, 0.29) is 23.6 Å². The summed E-state index contributed by atoms with van der Waals surface area (Å²) >= 11 is 0. The molecule has 4 aromatic rings. The Balaban J connectivity index is 1.47. The van der Waals surface area contributed by atoms with Gasteiger partial charge in [-0.2, -0.15) is 17.6 Å². The number of ether oxygens (including phenoxy) is 2. The number of anilines is 1.